The Hall–Kier alpha value is -4.60. The second kappa shape index (κ2) is 11.2. The van der Waals surface area contributed by atoms with E-state index in [1.807, 2.05) is 0 Å². The molecule has 226 valence electrons. The third kappa shape index (κ3) is 5.74. The molecule has 1 saturated heterocycles. The standard InChI is InChI=1S/C25H29N10O7P/c1-25(2)9-6-10-35(25)23-26-11-16(12-27-23)17-7-5-8-18(29-17)34(15-42-43(40,41)30-39)19(36)13-33-14-28-21-20(33)22(37)32(4)24(38)31(21)3/h5,7-8,11-12,14H,6,9-10,13,15H2,1-4H3,(H,40,41). The summed E-state index contributed by atoms with van der Waals surface area (Å²) in [6.07, 6.45) is 6.50. The highest BCUT2D eigenvalue weighted by molar-refractivity contribution is 7.51. The lowest BCUT2D eigenvalue weighted by Gasteiger charge is -2.31. The Bertz CT molecular complexity index is 1880. The molecule has 1 amide bonds. The molecule has 0 aliphatic carbocycles. The van der Waals surface area contributed by atoms with Gasteiger partial charge in [0.05, 0.1) is 12.0 Å². The van der Waals surface area contributed by atoms with E-state index in [2.05, 4.69) is 43.6 Å². The first kappa shape index (κ1) is 29.9. The maximum Gasteiger partial charge on any atom is 0.488 e. The number of pyridine rings is 1. The van der Waals surface area contributed by atoms with E-state index in [1.54, 1.807) is 24.5 Å². The zero-order chi connectivity index (χ0) is 31.1. The quantitative estimate of drug-likeness (QED) is 0.163. The molecule has 1 aliphatic heterocycles. The second-order valence-electron chi connectivity index (χ2n) is 10.6. The molecule has 0 radical (unpaired) electrons. The van der Waals surface area contributed by atoms with Crippen molar-refractivity contribution in [3.63, 3.8) is 0 Å². The van der Waals surface area contributed by atoms with Gasteiger partial charge in [-0.3, -0.25) is 28.1 Å². The number of rotatable bonds is 9. The molecule has 0 bridgehead atoms. The van der Waals surface area contributed by atoms with Gasteiger partial charge in [0.2, 0.25) is 11.9 Å². The van der Waals surface area contributed by atoms with Crippen LogP contribution in [0, 0.1) is 4.91 Å². The lowest BCUT2D eigenvalue weighted by Crippen LogP contribution is -2.39. The predicted molar refractivity (Wildman–Crippen MR) is 155 cm³/mol. The highest BCUT2D eigenvalue weighted by Gasteiger charge is 2.33. The number of carbonyl (C=O) groups excluding carboxylic acids is 1. The molecule has 4 aromatic rings. The minimum absolute atomic E-state index is 0.00266. The highest BCUT2D eigenvalue weighted by atomic mass is 31.2. The molecule has 17 nitrogen and oxygen atoms in total. The van der Waals surface area contributed by atoms with E-state index in [4.69, 9.17) is 4.52 Å². The summed E-state index contributed by atoms with van der Waals surface area (Å²) in [5, 5.41) is 0. The zero-order valence-electron chi connectivity index (χ0n) is 23.8. The number of nitroso groups, excluding NO2 is 1. The Labute approximate surface area is 244 Å². The molecule has 1 N–H and O–H groups in total. The van der Waals surface area contributed by atoms with Crippen LogP contribution >= 0.6 is 7.75 Å². The van der Waals surface area contributed by atoms with Crippen LogP contribution in [-0.4, -0.2) is 63.3 Å². The summed E-state index contributed by atoms with van der Waals surface area (Å²) >= 11 is 0. The molecule has 1 unspecified atom stereocenters. The fraction of sp³-hybridized carbons (Fsp3) is 0.400. The molecule has 1 atom stereocenters. The minimum Gasteiger partial charge on any atom is -0.336 e. The zero-order valence-corrected chi connectivity index (χ0v) is 24.7. The number of hydrogen-bond donors (Lipinski definition) is 1. The van der Waals surface area contributed by atoms with Crippen LogP contribution in [0.1, 0.15) is 26.7 Å². The van der Waals surface area contributed by atoms with Crippen molar-refractivity contribution in [3.05, 3.63) is 62.7 Å². The number of anilines is 2. The Balaban J connectivity index is 1.47. The number of hydrogen-bond acceptors (Lipinski definition) is 11. The first-order valence-electron chi connectivity index (χ1n) is 13.1. The fourth-order valence-corrected chi connectivity index (χ4v) is 5.29. The summed E-state index contributed by atoms with van der Waals surface area (Å²) in [6, 6.07) is 4.73. The number of fused-ring (bicyclic) bond motifs is 1. The van der Waals surface area contributed by atoms with Crippen molar-refractivity contribution < 1.29 is 18.8 Å². The number of aryl methyl sites for hydroxylation is 1. The van der Waals surface area contributed by atoms with Crippen molar-refractivity contribution in [2.24, 2.45) is 19.0 Å². The van der Waals surface area contributed by atoms with Gasteiger partial charge in [-0.1, -0.05) is 6.07 Å². The van der Waals surface area contributed by atoms with Crippen LogP contribution in [0.4, 0.5) is 11.8 Å². The molecule has 43 heavy (non-hydrogen) atoms. The SMILES string of the molecule is Cn1c(=O)c2c(ncn2CC(=O)N(COP(=O)(O)N=O)c2cccc(-c3cnc(N4CCCC4(C)C)nc3)n2)n(C)c1=O. The van der Waals surface area contributed by atoms with Crippen LogP contribution in [0.25, 0.3) is 22.4 Å². The normalized spacial score (nSPS) is 15.9. The van der Waals surface area contributed by atoms with Gasteiger partial charge in [-0.25, -0.2) is 29.3 Å². The molecule has 0 saturated carbocycles. The van der Waals surface area contributed by atoms with Crippen molar-refractivity contribution >= 4 is 36.6 Å². The molecule has 1 aliphatic rings. The molecular weight excluding hydrogens is 583 g/mol. The van der Waals surface area contributed by atoms with Crippen LogP contribution in [0.15, 0.2) is 51.5 Å². The Morgan fingerprint density at radius 1 is 1.16 bits per heavy atom. The molecule has 5 heterocycles. The van der Waals surface area contributed by atoms with E-state index in [-0.39, 0.29) is 22.5 Å². The van der Waals surface area contributed by atoms with Gasteiger partial charge < -0.3 is 14.4 Å². The van der Waals surface area contributed by atoms with Crippen molar-refractivity contribution in [2.45, 2.75) is 38.8 Å². The van der Waals surface area contributed by atoms with Crippen molar-refractivity contribution in [1.82, 2.24) is 33.6 Å². The molecular formula is C25H29N10O7P. The van der Waals surface area contributed by atoms with Crippen LogP contribution in [0.3, 0.4) is 0 Å². The summed E-state index contributed by atoms with van der Waals surface area (Å²) in [7, 11) is -2.17. The van der Waals surface area contributed by atoms with Crippen LogP contribution < -0.4 is 21.0 Å². The minimum atomic E-state index is -4.91. The van der Waals surface area contributed by atoms with E-state index in [9.17, 15) is 28.7 Å². The van der Waals surface area contributed by atoms with Crippen LogP contribution in [-0.2, 0) is 34.5 Å². The topological polar surface area (TPSA) is 200 Å². The van der Waals surface area contributed by atoms with E-state index < -0.39 is 38.2 Å². The Morgan fingerprint density at radius 2 is 1.88 bits per heavy atom. The monoisotopic (exact) mass is 612 g/mol. The molecule has 4 aromatic heterocycles. The number of nitrogens with zero attached hydrogens (tertiary/aromatic N) is 10. The van der Waals surface area contributed by atoms with Gasteiger partial charge >= 0.3 is 13.4 Å². The number of aromatic nitrogens is 7. The third-order valence-electron chi connectivity index (χ3n) is 7.37. The number of carbonyl (C=O) groups is 1. The van der Waals surface area contributed by atoms with Crippen LogP contribution in [0.5, 0.6) is 0 Å². The third-order valence-corrected chi connectivity index (χ3v) is 8.03. The van der Waals surface area contributed by atoms with Gasteiger partial charge in [0.1, 0.15) is 19.1 Å². The van der Waals surface area contributed by atoms with E-state index in [0.717, 1.165) is 28.9 Å². The van der Waals surface area contributed by atoms with E-state index in [0.29, 0.717) is 17.2 Å². The number of amides is 1. The summed E-state index contributed by atoms with van der Waals surface area (Å²) in [6.45, 7) is 3.75. The summed E-state index contributed by atoms with van der Waals surface area (Å²) < 4.78 is 19.9. The van der Waals surface area contributed by atoms with Crippen molar-refractivity contribution in [2.75, 3.05) is 23.1 Å². The van der Waals surface area contributed by atoms with E-state index >= 15 is 0 Å². The van der Waals surface area contributed by atoms with Crippen molar-refractivity contribution in [1.29, 1.82) is 0 Å². The largest absolute Gasteiger partial charge is 0.488 e. The highest BCUT2D eigenvalue weighted by Crippen LogP contribution is 2.43. The predicted octanol–water partition coefficient (Wildman–Crippen LogP) is 1.54. The smallest absolute Gasteiger partial charge is 0.336 e. The van der Waals surface area contributed by atoms with Crippen LogP contribution in [0.2, 0.25) is 0 Å². The van der Waals surface area contributed by atoms with E-state index in [1.165, 1.54) is 35.6 Å². The molecule has 5 rings (SSSR count). The lowest BCUT2D eigenvalue weighted by atomic mass is 10.0. The molecule has 1 fully saturated rings. The van der Waals surface area contributed by atoms with Gasteiger partial charge in [-0.05, 0) is 38.8 Å². The first-order chi connectivity index (χ1) is 20.3. The van der Waals surface area contributed by atoms with Gasteiger partial charge in [-0.2, -0.15) is 0 Å². The summed E-state index contributed by atoms with van der Waals surface area (Å²) in [5.41, 5.74) is -0.342. The maximum absolute atomic E-state index is 13.6. The van der Waals surface area contributed by atoms with Crippen molar-refractivity contribution in [3.8, 4) is 11.3 Å². The van der Waals surface area contributed by atoms with Gasteiger partial charge in [0.25, 0.3) is 5.56 Å². The fourth-order valence-electron chi connectivity index (χ4n) is 4.98. The summed E-state index contributed by atoms with van der Waals surface area (Å²) in [4.78, 5) is 81.8. The summed E-state index contributed by atoms with van der Waals surface area (Å²) in [5.74, 6) is -0.152. The Kier molecular flexibility index (Phi) is 7.81. The van der Waals surface area contributed by atoms with Gasteiger partial charge in [0, 0.05) is 49.1 Å². The molecule has 18 heteroatoms. The Morgan fingerprint density at radius 3 is 2.53 bits per heavy atom. The van der Waals surface area contributed by atoms with Gasteiger partial charge in [0.15, 0.2) is 11.2 Å². The number of imidazole rings is 1. The average Bonchev–Trinajstić information content (AvgIpc) is 3.57. The van der Waals surface area contributed by atoms with Gasteiger partial charge in [-0.15, -0.1) is 4.91 Å². The lowest BCUT2D eigenvalue weighted by molar-refractivity contribution is -0.119. The average molecular weight is 613 g/mol. The maximum atomic E-state index is 13.6. The second-order valence-corrected chi connectivity index (χ2v) is 12.0. The first-order valence-corrected chi connectivity index (χ1v) is 14.7. The molecule has 0 spiro atoms. The molecule has 0 aromatic carbocycles.